The van der Waals surface area contributed by atoms with Gasteiger partial charge in [-0.2, -0.15) is 0 Å². The van der Waals surface area contributed by atoms with Gasteiger partial charge in [-0.3, -0.25) is 0 Å². The van der Waals surface area contributed by atoms with Crippen LogP contribution in [0.4, 0.5) is 0 Å². The molecule has 1 fully saturated rings. The lowest BCUT2D eigenvalue weighted by molar-refractivity contribution is 0.238. The molecule has 2 heterocycles. The van der Waals surface area contributed by atoms with Gasteiger partial charge in [-0.15, -0.1) is 0 Å². The molecular weight excluding hydrogens is 246 g/mol. The molecule has 0 atom stereocenters. The predicted octanol–water partition coefficient (Wildman–Crippen LogP) is 2.32. The number of aryl methyl sites for hydroxylation is 2. The summed E-state index contributed by atoms with van der Waals surface area (Å²) in [6, 6.07) is 8.78. The smallest absolute Gasteiger partial charge is 0.0482 e. The van der Waals surface area contributed by atoms with Gasteiger partial charge in [-0.1, -0.05) is 18.2 Å². The molecule has 0 unspecified atom stereocenters. The number of rotatable bonds is 4. The fourth-order valence-electron chi connectivity index (χ4n) is 3.33. The molecule has 1 aliphatic rings. The second-order valence-corrected chi connectivity index (χ2v) is 5.84. The maximum Gasteiger partial charge on any atom is 0.0482 e. The standard InChI is InChI=1S/C17H25N3/c1-14-15(7-5-11-20-12-9-18-10-13-20)16-6-3-4-8-17(16)19(14)2/h3-4,6,8,18H,5,7,9-13H2,1-2H3. The van der Waals surface area contributed by atoms with Crippen molar-refractivity contribution in [2.45, 2.75) is 19.8 Å². The maximum atomic E-state index is 3.41. The van der Waals surface area contributed by atoms with Crippen molar-refractivity contribution in [3.63, 3.8) is 0 Å². The van der Waals surface area contributed by atoms with E-state index in [1.54, 1.807) is 5.56 Å². The third kappa shape index (κ3) is 2.60. The fraction of sp³-hybridized carbons (Fsp3) is 0.529. The molecule has 3 nitrogen and oxygen atoms in total. The average Bonchev–Trinajstić information content (AvgIpc) is 2.74. The molecule has 0 aliphatic carbocycles. The highest BCUT2D eigenvalue weighted by Gasteiger charge is 2.13. The van der Waals surface area contributed by atoms with Crippen LogP contribution in [0.1, 0.15) is 17.7 Å². The van der Waals surface area contributed by atoms with Gasteiger partial charge in [-0.25, -0.2) is 0 Å². The van der Waals surface area contributed by atoms with Gasteiger partial charge in [0.05, 0.1) is 0 Å². The Labute approximate surface area is 121 Å². The Kier molecular flexibility index (Phi) is 4.08. The van der Waals surface area contributed by atoms with E-state index >= 15 is 0 Å². The summed E-state index contributed by atoms with van der Waals surface area (Å²) >= 11 is 0. The molecule has 108 valence electrons. The Balaban J connectivity index is 1.69. The highest BCUT2D eigenvalue weighted by Crippen LogP contribution is 2.25. The molecule has 0 radical (unpaired) electrons. The van der Waals surface area contributed by atoms with E-state index in [0.29, 0.717) is 0 Å². The van der Waals surface area contributed by atoms with Crippen LogP contribution in [-0.4, -0.2) is 42.2 Å². The summed E-state index contributed by atoms with van der Waals surface area (Å²) in [6.07, 6.45) is 2.45. The van der Waals surface area contributed by atoms with Crippen LogP contribution in [-0.2, 0) is 13.5 Å². The summed E-state index contributed by atoms with van der Waals surface area (Å²) in [5, 5.41) is 4.85. The van der Waals surface area contributed by atoms with Crippen LogP contribution >= 0.6 is 0 Å². The molecule has 0 saturated carbocycles. The SMILES string of the molecule is Cc1c(CCCN2CCNCC2)c2ccccc2n1C. The summed E-state index contributed by atoms with van der Waals surface area (Å²) in [4.78, 5) is 2.58. The van der Waals surface area contributed by atoms with Gasteiger partial charge in [0.25, 0.3) is 0 Å². The van der Waals surface area contributed by atoms with Gasteiger partial charge in [0.15, 0.2) is 0 Å². The first-order valence-corrected chi connectivity index (χ1v) is 7.73. The Hall–Kier alpha value is -1.32. The van der Waals surface area contributed by atoms with E-state index in [9.17, 15) is 0 Å². The molecule has 3 rings (SSSR count). The van der Waals surface area contributed by atoms with Gasteiger partial charge >= 0.3 is 0 Å². The summed E-state index contributed by atoms with van der Waals surface area (Å²) in [6.45, 7) is 8.17. The Morgan fingerprint density at radius 3 is 2.70 bits per heavy atom. The zero-order chi connectivity index (χ0) is 13.9. The zero-order valence-corrected chi connectivity index (χ0v) is 12.7. The first kappa shape index (κ1) is 13.7. The molecule has 0 amide bonds. The largest absolute Gasteiger partial charge is 0.348 e. The van der Waals surface area contributed by atoms with Crippen molar-refractivity contribution in [3.8, 4) is 0 Å². The van der Waals surface area contributed by atoms with E-state index in [-0.39, 0.29) is 0 Å². The van der Waals surface area contributed by atoms with E-state index in [4.69, 9.17) is 0 Å². The third-order valence-corrected chi connectivity index (χ3v) is 4.64. The van der Waals surface area contributed by atoms with Gasteiger partial charge < -0.3 is 14.8 Å². The van der Waals surface area contributed by atoms with Crippen molar-refractivity contribution in [2.75, 3.05) is 32.7 Å². The Morgan fingerprint density at radius 2 is 1.90 bits per heavy atom. The molecule has 1 aromatic carbocycles. The minimum atomic E-state index is 1.15. The highest BCUT2D eigenvalue weighted by molar-refractivity contribution is 5.85. The van der Waals surface area contributed by atoms with Crippen LogP contribution in [0.2, 0.25) is 0 Å². The van der Waals surface area contributed by atoms with Crippen molar-refractivity contribution in [3.05, 3.63) is 35.5 Å². The molecule has 1 aliphatic heterocycles. The molecule has 0 bridgehead atoms. The topological polar surface area (TPSA) is 20.2 Å². The van der Waals surface area contributed by atoms with Crippen LogP contribution in [0.15, 0.2) is 24.3 Å². The molecule has 3 heteroatoms. The maximum absolute atomic E-state index is 3.41. The number of hydrogen-bond acceptors (Lipinski definition) is 2. The van der Waals surface area contributed by atoms with E-state index in [1.165, 1.54) is 49.1 Å². The predicted molar refractivity (Wildman–Crippen MR) is 85.3 cm³/mol. The van der Waals surface area contributed by atoms with Crippen LogP contribution in [0.5, 0.6) is 0 Å². The van der Waals surface area contributed by atoms with Crippen LogP contribution in [0.25, 0.3) is 10.9 Å². The van der Waals surface area contributed by atoms with Crippen LogP contribution in [0, 0.1) is 6.92 Å². The van der Waals surface area contributed by atoms with Crippen molar-refractivity contribution < 1.29 is 0 Å². The van der Waals surface area contributed by atoms with Gasteiger partial charge in [-0.05, 0) is 37.9 Å². The Morgan fingerprint density at radius 1 is 1.15 bits per heavy atom. The minimum Gasteiger partial charge on any atom is -0.348 e. The molecule has 2 aromatic rings. The van der Waals surface area contributed by atoms with E-state index < -0.39 is 0 Å². The molecular formula is C17H25N3. The summed E-state index contributed by atoms with van der Waals surface area (Å²) in [5.74, 6) is 0. The van der Waals surface area contributed by atoms with Crippen LogP contribution in [0.3, 0.4) is 0 Å². The zero-order valence-electron chi connectivity index (χ0n) is 12.7. The lowest BCUT2D eigenvalue weighted by atomic mass is 10.1. The van der Waals surface area contributed by atoms with Crippen molar-refractivity contribution >= 4 is 10.9 Å². The second-order valence-electron chi connectivity index (χ2n) is 5.84. The summed E-state index contributed by atoms with van der Waals surface area (Å²) in [5.41, 5.74) is 4.33. The first-order chi connectivity index (χ1) is 9.77. The second kappa shape index (κ2) is 5.98. The number of aromatic nitrogens is 1. The molecule has 1 saturated heterocycles. The normalized spacial score (nSPS) is 16.9. The van der Waals surface area contributed by atoms with E-state index in [1.807, 2.05) is 0 Å². The minimum absolute atomic E-state index is 1.15. The van der Waals surface area contributed by atoms with Gasteiger partial charge in [0.2, 0.25) is 0 Å². The number of nitrogens with zero attached hydrogens (tertiary/aromatic N) is 2. The lowest BCUT2D eigenvalue weighted by Crippen LogP contribution is -2.43. The monoisotopic (exact) mass is 271 g/mol. The first-order valence-electron chi connectivity index (χ1n) is 7.73. The van der Waals surface area contributed by atoms with Crippen molar-refractivity contribution in [2.24, 2.45) is 7.05 Å². The summed E-state index contributed by atoms with van der Waals surface area (Å²) in [7, 11) is 2.18. The van der Waals surface area contributed by atoms with Crippen molar-refractivity contribution in [1.29, 1.82) is 0 Å². The molecule has 0 spiro atoms. The van der Waals surface area contributed by atoms with Gasteiger partial charge in [0.1, 0.15) is 0 Å². The van der Waals surface area contributed by atoms with Crippen LogP contribution < -0.4 is 5.32 Å². The third-order valence-electron chi connectivity index (χ3n) is 4.64. The number of hydrogen-bond donors (Lipinski definition) is 1. The summed E-state index contributed by atoms with van der Waals surface area (Å²) < 4.78 is 2.33. The van der Waals surface area contributed by atoms with E-state index in [0.717, 1.165) is 13.1 Å². The number of fused-ring (bicyclic) bond motifs is 1. The number of para-hydroxylation sites is 1. The molecule has 1 N–H and O–H groups in total. The quantitative estimate of drug-likeness (QED) is 0.921. The molecule has 20 heavy (non-hydrogen) atoms. The van der Waals surface area contributed by atoms with Gasteiger partial charge in [0, 0.05) is 49.8 Å². The average molecular weight is 271 g/mol. The van der Waals surface area contributed by atoms with Crippen molar-refractivity contribution in [1.82, 2.24) is 14.8 Å². The number of nitrogens with one attached hydrogen (secondary N) is 1. The Bertz CT molecular complexity index is 579. The lowest BCUT2D eigenvalue weighted by Gasteiger charge is -2.27. The number of piperazine rings is 1. The fourth-order valence-corrected chi connectivity index (χ4v) is 3.33. The number of benzene rings is 1. The molecule has 1 aromatic heterocycles. The highest BCUT2D eigenvalue weighted by atomic mass is 15.2. The van der Waals surface area contributed by atoms with E-state index in [2.05, 4.69) is 53.0 Å².